The minimum Gasteiger partial charge on any atom is -0.381 e. The summed E-state index contributed by atoms with van der Waals surface area (Å²) in [6.45, 7) is 8.36. The first-order chi connectivity index (χ1) is 11.7. The first-order valence-corrected chi connectivity index (χ1v) is 9.39. The Morgan fingerprint density at radius 3 is 1.42 bits per heavy atom. The third kappa shape index (κ3) is 17.2. The van der Waals surface area contributed by atoms with Crippen LogP contribution in [0, 0.1) is 0 Å². The second-order valence-corrected chi connectivity index (χ2v) is 5.84. The largest absolute Gasteiger partial charge is 0.381 e. The highest BCUT2D eigenvalue weighted by atomic mass is 16.5. The van der Waals surface area contributed by atoms with E-state index in [1.54, 1.807) is 0 Å². The van der Waals surface area contributed by atoms with Crippen molar-refractivity contribution in [2.75, 3.05) is 39.5 Å². The van der Waals surface area contributed by atoms with Gasteiger partial charge in [-0.25, -0.2) is 0 Å². The normalized spacial score (nSPS) is 10.6. The van der Waals surface area contributed by atoms with Gasteiger partial charge >= 0.3 is 0 Å². The van der Waals surface area contributed by atoms with Crippen LogP contribution in [0.25, 0.3) is 0 Å². The molecule has 2 N–H and O–H groups in total. The van der Waals surface area contributed by atoms with Gasteiger partial charge in [-0.3, -0.25) is 9.59 Å². The summed E-state index contributed by atoms with van der Waals surface area (Å²) >= 11 is 0. The zero-order chi connectivity index (χ0) is 17.9. The Morgan fingerprint density at radius 2 is 1.04 bits per heavy atom. The molecule has 0 saturated carbocycles. The molecule has 0 rings (SSSR count). The molecule has 0 spiro atoms. The quantitative estimate of drug-likeness (QED) is 0.397. The highest BCUT2D eigenvalue weighted by molar-refractivity contribution is 5.83. The van der Waals surface area contributed by atoms with E-state index >= 15 is 0 Å². The number of unbranched alkanes of at least 4 members (excludes halogenated alkanes) is 2. The molecule has 0 aliphatic carbocycles. The molecule has 0 fully saturated rings. The second-order valence-electron chi connectivity index (χ2n) is 5.84. The van der Waals surface area contributed by atoms with Gasteiger partial charge in [0, 0.05) is 52.4 Å². The molecule has 0 aromatic carbocycles. The number of carbonyl (C=O) groups is 2. The number of ether oxygens (including phenoxy) is 2. The maximum Gasteiger partial charge on any atom is 0.220 e. The number of rotatable bonds is 17. The van der Waals surface area contributed by atoms with Crippen LogP contribution in [0.1, 0.15) is 65.2 Å². The highest BCUT2D eigenvalue weighted by Gasteiger charge is 2.06. The topological polar surface area (TPSA) is 76.7 Å². The number of carbonyl (C=O) groups excluding carboxylic acids is 2. The van der Waals surface area contributed by atoms with Crippen molar-refractivity contribution in [2.24, 2.45) is 0 Å². The number of hydrogen-bond donors (Lipinski definition) is 2. The van der Waals surface area contributed by atoms with Crippen LogP contribution in [-0.4, -0.2) is 51.3 Å². The predicted molar refractivity (Wildman–Crippen MR) is 95.9 cm³/mol. The Balaban J connectivity index is 3.34. The predicted octanol–water partition coefficient (Wildman–Crippen LogP) is 2.41. The highest BCUT2D eigenvalue weighted by Crippen LogP contribution is 1.93. The van der Waals surface area contributed by atoms with Crippen molar-refractivity contribution in [3.63, 3.8) is 0 Å². The van der Waals surface area contributed by atoms with Gasteiger partial charge in [-0.05, 0) is 25.7 Å². The Kier molecular flexibility index (Phi) is 17.3. The van der Waals surface area contributed by atoms with Crippen LogP contribution in [0.15, 0.2) is 0 Å². The van der Waals surface area contributed by atoms with Gasteiger partial charge in [0.25, 0.3) is 0 Å². The first-order valence-electron chi connectivity index (χ1n) is 9.39. The summed E-state index contributed by atoms with van der Waals surface area (Å²) in [6.07, 6.45) is 6.48. The van der Waals surface area contributed by atoms with Gasteiger partial charge in [0.05, 0.1) is 0 Å². The van der Waals surface area contributed by atoms with Crippen molar-refractivity contribution in [1.29, 1.82) is 0 Å². The van der Waals surface area contributed by atoms with Gasteiger partial charge in [-0.15, -0.1) is 0 Å². The molecule has 0 aliphatic heterocycles. The average molecular weight is 344 g/mol. The molecular formula is C18H36N2O4. The van der Waals surface area contributed by atoms with Crippen molar-refractivity contribution in [2.45, 2.75) is 65.2 Å². The van der Waals surface area contributed by atoms with Gasteiger partial charge in [0.2, 0.25) is 11.8 Å². The Hall–Kier alpha value is -1.14. The van der Waals surface area contributed by atoms with E-state index in [0.717, 1.165) is 51.7 Å². The van der Waals surface area contributed by atoms with Gasteiger partial charge in [-0.2, -0.15) is 0 Å². The zero-order valence-electron chi connectivity index (χ0n) is 15.5. The molecule has 0 heterocycles. The van der Waals surface area contributed by atoms with Crippen LogP contribution in [-0.2, 0) is 19.1 Å². The standard InChI is InChI=1S/C18H36N2O4/c1-3-5-13-23-15-7-11-19-17(21)9-10-18(22)20-12-8-16-24-14-6-4-2/h3-16H2,1-2H3,(H,19,21)(H,20,22). The molecule has 0 atom stereocenters. The van der Waals surface area contributed by atoms with Gasteiger partial charge < -0.3 is 20.1 Å². The lowest BCUT2D eigenvalue weighted by molar-refractivity contribution is -0.126. The van der Waals surface area contributed by atoms with Crippen LogP contribution in [0.2, 0.25) is 0 Å². The van der Waals surface area contributed by atoms with E-state index in [9.17, 15) is 9.59 Å². The van der Waals surface area contributed by atoms with Crippen molar-refractivity contribution in [1.82, 2.24) is 10.6 Å². The SMILES string of the molecule is CCCCOCCCNC(=O)CCC(=O)NCCCOCCCC. The van der Waals surface area contributed by atoms with E-state index in [1.807, 2.05) is 0 Å². The molecule has 142 valence electrons. The Morgan fingerprint density at radius 1 is 0.667 bits per heavy atom. The van der Waals surface area contributed by atoms with E-state index in [1.165, 1.54) is 0 Å². The minimum atomic E-state index is -0.0818. The average Bonchev–Trinajstić information content (AvgIpc) is 2.58. The fraction of sp³-hybridized carbons (Fsp3) is 0.889. The molecule has 6 heteroatoms. The number of amides is 2. The summed E-state index contributed by atoms with van der Waals surface area (Å²) in [6, 6.07) is 0. The summed E-state index contributed by atoms with van der Waals surface area (Å²) < 4.78 is 10.8. The van der Waals surface area contributed by atoms with Crippen molar-refractivity contribution in [3.05, 3.63) is 0 Å². The van der Waals surface area contributed by atoms with E-state index in [4.69, 9.17) is 9.47 Å². The van der Waals surface area contributed by atoms with E-state index in [-0.39, 0.29) is 24.7 Å². The molecule has 0 aromatic rings. The fourth-order valence-electron chi connectivity index (χ4n) is 1.90. The van der Waals surface area contributed by atoms with Crippen molar-refractivity contribution in [3.8, 4) is 0 Å². The third-order valence-electron chi connectivity index (χ3n) is 3.44. The smallest absolute Gasteiger partial charge is 0.220 e. The summed E-state index contributed by atoms with van der Waals surface area (Å²) in [5.74, 6) is -0.164. The number of nitrogens with one attached hydrogen (secondary N) is 2. The molecule has 0 aromatic heterocycles. The minimum absolute atomic E-state index is 0.0818. The van der Waals surface area contributed by atoms with Crippen LogP contribution in [0.3, 0.4) is 0 Å². The fourth-order valence-corrected chi connectivity index (χ4v) is 1.90. The van der Waals surface area contributed by atoms with E-state index in [2.05, 4.69) is 24.5 Å². The molecule has 0 aliphatic rings. The van der Waals surface area contributed by atoms with E-state index in [0.29, 0.717) is 26.3 Å². The van der Waals surface area contributed by atoms with Gasteiger partial charge in [0.1, 0.15) is 0 Å². The summed E-state index contributed by atoms with van der Waals surface area (Å²) in [5.41, 5.74) is 0. The molecule has 0 radical (unpaired) electrons. The third-order valence-corrected chi connectivity index (χ3v) is 3.44. The maximum atomic E-state index is 11.6. The van der Waals surface area contributed by atoms with Crippen LogP contribution in [0.4, 0.5) is 0 Å². The maximum absolute atomic E-state index is 11.6. The van der Waals surface area contributed by atoms with Crippen LogP contribution >= 0.6 is 0 Å². The lowest BCUT2D eigenvalue weighted by atomic mass is 10.2. The van der Waals surface area contributed by atoms with Crippen molar-refractivity contribution >= 4 is 11.8 Å². The van der Waals surface area contributed by atoms with Crippen molar-refractivity contribution < 1.29 is 19.1 Å². The van der Waals surface area contributed by atoms with Crippen LogP contribution in [0.5, 0.6) is 0 Å². The zero-order valence-corrected chi connectivity index (χ0v) is 15.5. The molecule has 0 unspecified atom stereocenters. The summed E-state index contributed by atoms with van der Waals surface area (Å²) in [5, 5.41) is 5.61. The molecule has 0 saturated heterocycles. The number of hydrogen-bond acceptors (Lipinski definition) is 4. The lowest BCUT2D eigenvalue weighted by Gasteiger charge is -2.07. The monoisotopic (exact) mass is 344 g/mol. The van der Waals surface area contributed by atoms with Crippen LogP contribution < -0.4 is 10.6 Å². The summed E-state index contributed by atoms with van der Waals surface area (Å²) in [4.78, 5) is 23.2. The molecular weight excluding hydrogens is 308 g/mol. The summed E-state index contributed by atoms with van der Waals surface area (Å²) in [7, 11) is 0. The second kappa shape index (κ2) is 18.2. The Bertz CT molecular complexity index is 281. The molecule has 2 amide bonds. The first kappa shape index (κ1) is 22.9. The van der Waals surface area contributed by atoms with E-state index < -0.39 is 0 Å². The Labute approximate surface area is 147 Å². The lowest BCUT2D eigenvalue weighted by Crippen LogP contribution is -2.29. The molecule has 6 nitrogen and oxygen atoms in total. The van der Waals surface area contributed by atoms with Gasteiger partial charge in [0.15, 0.2) is 0 Å². The van der Waals surface area contributed by atoms with Gasteiger partial charge in [-0.1, -0.05) is 26.7 Å². The molecule has 24 heavy (non-hydrogen) atoms. The molecule has 0 bridgehead atoms.